The molecular formula is C15H30ClN3O2. The lowest BCUT2D eigenvalue weighted by Gasteiger charge is -2.24. The SMILES string of the molecule is CCCC(C)(N)C(=O)NCCC(=O)N1CCCCCC1.Cl. The number of hydrogen-bond donors (Lipinski definition) is 2. The van der Waals surface area contributed by atoms with Crippen molar-refractivity contribution in [2.24, 2.45) is 5.73 Å². The number of likely N-dealkylation sites (tertiary alicyclic amines) is 1. The minimum absolute atomic E-state index is 0. The molecule has 0 aliphatic carbocycles. The van der Waals surface area contributed by atoms with E-state index in [4.69, 9.17) is 5.73 Å². The second-order valence-corrected chi connectivity index (χ2v) is 5.97. The highest BCUT2D eigenvalue weighted by atomic mass is 35.5. The van der Waals surface area contributed by atoms with E-state index in [1.54, 1.807) is 6.92 Å². The Morgan fingerprint density at radius 3 is 2.29 bits per heavy atom. The molecule has 1 rings (SSSR count). The maximum atomic E-state index is 12.1. The molecule has 5 nitrogen and oxygen atoms in total. The van der Waals surface area contributed by atoms with Crippen LogP contribution in [0.1, 0.15) is 58.8 Å². The van der Waals surface area contributed by atoms with E-state index in [0.29, 0.717) is 19.4 Å². The summed E-state index contributed by atoms with van der Waals surface area (Å²) >= 11 is 0. The highest BCUT2D eigenvalue weighted by Gasteiger charge is 2.26. The van der Waals surface area contributed by atoms with Crippen LogP contribution < -0.4 is 11.1 Å². The molecule has 0 radical (unpaired) electrons. The summed E-state index contributed by atoms with van der Waals surface area (Å²) in [6.45, 7) is 5.84. The molecule has 1 fully saturated rings. The van der Waals surface area contributed by atoms with E-state index >= 15 is 0 Å². The van der Waals surface area contributed by atoms with E-state index < -0.39 is 5.54 Å². The van der Waals surface area contributed by atoms with E-state index in [1.807, 2.05) is 11.8 Å². The summed E-state index contributed by atoms with van der Waals surface area (Å²) in [5.41, 5.74) is 5.11. The summed E-state index contributed by atoms with van der Waals surface area (Å²) in [6.07, 6.45) is 6.50. The number of halogens is 1. The molecule has 2 amide bonds. The molecule has 0 aromatic rings. The van der Waals surface area contributed by atoms with Gasteiger partial charge in [-0.3, -0.25) is 9.59 Å². The quantitative estimate of drug-likeness (QED) is 0.784. The molecule has 1 saturated heterocycles. The van der Waals surface area contributed by atoms with Crippen LogP contribution in [-0.2, 0) is 9.59 Å². The third-order valence-electron chi connectivity index (χ3n) is 3.87. The van der Waals surface area contributed by atoms with Crippen molar-refractivity contribution in [2.75, 3.05) is 19.6 Å². The van der Waals surface area contributed by atoms with Gasteiger partial charge in [-0.2, -0.15) is 0 Å². The average Bonchev–Trinajstić information content (AvgIpc) is 2.67. The molecule has 1 aliphatic rings. The Labute approximate surface area is 134 Å². The monoisotopic (exact) mass is 319 g/mol. The second kappa shape index (κ2) is 10.0. The van der Waals surface area contributed by atoms with Gasteiger partial charge in [0.1, 0.15) is 0 Å². The van der Waals surface area contributed by atoms with Gasteiger partial charge >= 0.3 is 0 Å². The predicted octanol–water partition coefficient (Wildman–Crippen LogP) is 1.83. The van der Waals surface area contributed by atoms with Crippen molar-refractivity contribution >= 4 is 24.2 Å². The van der Waals surface area contributed by atoms with Crippen molar-refractivity contribution in [3.05, 3.63) is 0 Å². The third kappa shape index (κ3) is 7.14. The van der Waals surface area contributed by atoms with Crippen LogP contribution in [-0.4, -0.2) is 41.9 Å². The summed E-state index contributed by atoms with van der Waals surface area (Å²) in [5.74, 6) is -0.0237. The molecule has 1 heterocycles. The average molecular weight is 320 g/mol. The first-order valence-electron chi connectivity index (χ1n) is 7.82. The molecule has 3 N–H and O–H groups in total. The first kappa shape index (κ1) is 20.2. The van der Waals surface area contributed by atoms with Gasteiger partial charge in [0.05, 0.1) is 5.54 Å². The maximum Gasteiger partial charge on any atom is 0.239 e. The summed E-state index contributed by atoms with van der Waals surface area (Å²) in [6, 6.07) is 0. The van der Waals surface area contributed by atoms with Crippen molar-refractivity contribution in [1.29, 1.82) is 0 Å². The Balaban J connectivity index is 0.00000400. The molecule has 6 heteroatoms. The van der Waals surface area contributed by atoms with Crippen molar-refractivity contribution < 1.29 is 9.59 Å². The molecule has 0 spiro atoms. The van der Waals surface area contributed by atoms with Crippen LogP contribution in [0.15, 0.2) is 0 Å². The van der Waals surface area contributed by atoms with Gasteiger partial charge in [0.15, 0.2) is 0 Å². The van der Waals surface area contributed by atoms with Crippen LogP contribution in [0.25, 0.3) is 0 Å². The summed E-state index contributed by atoms with van der Waals surface area (Å²) in [5, 5.41) is 2.78. The summed E-state index contributed by atoms with van der Waals surface area (Å²) < 4.78 is 0. The van der Waals surface area contributed by atoms with E-state index in [2.05, 4.69) is 5.32 Å². The number of nitrogens with zero attached hydrogens (tertiary/aromatic N) is 1. The van der Waals surface area contributed by atoms with Crippen molar-refractivity contribution in [3.8, 4) is 0 Å². The lowest BCUT2D eigenvalue weighted by atomic mass is 9.96. The molecule has 1 unspecified atom stereocenters. The Hall–Kier alpha value is -0.810. The van der Waals surface area contributed by atoms with Gasteiger partial charge in [-0.1, -0.05) is 26.2 Å². The number of carbonyl (C=O) groups is 2. The maximum absolute atomic E-state index is 12.1. The minimum Gasteiger partial charge on any atom is -0.354 e. The number of carbonyl (C=O) groups excluding carboxylic acids is 2. The predicted molar refractivity (Wildman–Crippen MR) is 87.4 cm³/mol. The fourth-order valence-corrected chi connectivity index (χ4v) is 2.60. The van der Waals surface area contributed by atoms with Crippen molar-refractivity contribution in [3.63, 3.8) is 0 Å². The van der Waals surface area contributed by atoms with Crippen molar-refractivity contribution in [2.45, 2.75) is 64.3 Å². The summed E-state index contributed by atoms with van der Waals surface area (Å²) in [7, 11) is 0. The number of nitrogens with one attached hydrogen (secondary N) is 1. The van der Waals surface area contributed by atoms with Crippen LogP contribution in [0, 0.1) is 0 Å². The number of rotatable bonds is 6. The fourth-order valence-electron chi connectivity index (χ4n) is 2.60. The lowest BCUT2D eigenvalue weighted by Crippen LogP contribution is -2.52. The smallest absolute Gasteiger partial charge is 0.239 e. The van der Waals surface area contributed by atoms with Crippen molar-refractivity contribution in [1.82, 2.24) is 10.2 Å². The van der Waals surface area contributed by atoms with Gasteiger partial charge in [-0.15, -0.1) is 12.4 Å². The van der Waals surface area contributed by atoms with Crippen LogP contribution in [0.5, 0.6) is 0 Å². The Morgan fingerprint density at radius 1 is 1.19 bits per heavy atom. The molecule has 21 heavy (non-hydrogen) atoms. The fraction of sp³-hybridized carbons (Fsp3) is 0.867. The molecule has 0 aromatic heterocycles. The number of hydrogen-bond acceptors (Lipinski definition) is 3. The molecule has 1 atom stereocenters. The zero-order valence-corrected chi connectivity index (χ0v) is 14.1. The van der Waals surface area contributed by atoms with Gasteiger partial charge in [0.2, 0.25) is 11.8 Å². The van der Waals surface area contributed by atoms with E-state index in [1.165, 1.54) is 12.8 Å². The van der Waals surface area contributed by atoms with E-state index in [9.17, 15) is 9.59 Å². The topological polar surface area (TPSA) is 75.4 Å². The van der Waals surface area contributed by atoms with Crippen LogP contribution >= 0.6 is 12.4 Å². The standard InChI is InChI=1S/C15H29N3O2.ClH/c1-3-9-15(2,16)14(20)17-10-8-13(19)18-11-6-4-5-7-12-18;/h3-12,16H2,1-2H3,(H,17,20);1H. The minimum atomic E-state index is -0.833. The first-order chi connectivity index (χ1) is 9.47. The zero-order chi connectivity index (χ0) is 15.0. The molecule has 0 saturated carbocycles. The van der Waals surface area contributed by atoms with Gasteiger partial charge in [-0.05, 0) is 26.2 Å². The van der Waals surface area contributed by atoms with Crippen LogP contribution in [0.3, 0.4) is 0 Å². The van der Waals surface area contributed by atoms with Gasteiger partial charge < -0.3 is 16.0 Å². The normalized spacial score (nSPS) is 18.1. The number of nitrogens with two attached hydrogens (primary N) is 1. The highest BCUT2D eigenvalue weighted by molar-refractivity contribution is 5.86. The van der Waals surface area contributed by atoms with Crippen LogP contribution in [0.2, 0.25) is 0 Å². The zero-order valence-electron chi connectivity index (χ0n) is 13.3. The number of amides is 2. The molecule has 0 bridgehead atoms. The Morgan fingerprint density at radius 2 is 1.76 bits per heavy atom. The lowest BCUT2D eigenvalue weighted by molar-refractivity contribution is -0.131. The highest BCUT2D eigenvalue weighted by Crippen LogP contribution is 2.11. The first-order valence-corrected chi connectivity index (χ1v) is 7.82. The largest absolute Gasteiger partial charge is 0.354 e. The van der Waals surface area contributed by atoms with E-state index in [0.717, 1.165) is 32.4 Å². The summed E-state index contributed by atoms with van der Waals surface area (Å²) in [4.78, 5) is 25.9. The Bertz CT molecular complexity index is 327. The van der Waals surface area contributed by atoms with Crippen LogP contribution in [0.4, 0.5) is 0 Å². The second-order valence-electron chi connectivity index (χ2n) is 5.97. The van der Waals surface area contributed by atoms with E-state index in [-0.39, 0.29) is 24.2 Å². The van der Waals surface area contributed by atoms with Gasteiger partial charge in [0.25, 0.3) is 0 Å². The molecular weight excluding hydrogens is 290 g/mol. The van der Waals surface area contributed by atoms with Gasteiger partial charge in [-0.25, -0.2) is 0 Å². The Kier molecular flexibility index (Phi) is 9.62. The molecule has 0 aromatic carbocycles. The third-order valence-corrected chi connectivity index (χ3v) is 3.87. The molecule has 1 aliphatic heterocycles. The molecule has 124 valence electrons. The van der Waals surface area contributed by atoms with Gasteiger partial charge in [0, 0.05) is 26.1 Å².